The summed E-state index contributed by atoms with van der Waals surface area (Å²) in [6.45, 7) is 4.45. The summed E-state index contributed by atoms with van der Waals surface area (Å²) in [5.41, 5.74) is 1.02. The fourth-order valence-corrected chi connectivity index (χ4v) is 9.11. The average molecular weight is 724 g/mol. The summed E-state index contributed by atoms with van der Waals surface area (Å²) in [5.74, 6) is 0.850. The van der Waals surface area contributed by atoms with Crippen LogP contribution in [0.4, 0.5) is 34.1 Å². The molecular formula is C34H45ClF3N7O3S. The van der Waals surface area contributed by atoms with E-state index in [1.165, 1.54) is 13.1 Å². The van der Waals surface area contributed by atoms with Gasteiger partial charge >= 0.3 is 18.2 Å². The van der Waals surface area contributed by atoms with Gasteiger partial charge in [-0.25, -0.2) is 9.59 Å². The third-order valence-corrected chi connectivity index (χ3v) is 11.8. The van der Waals surface area contributed by atoms with Crippen LogP contribution < -0.4 is 21.3 Å². The van der Waals surface area contributed by atoms with Crippen LogP contribution in [0.15, 0.2) is 22.9 Å². The van der Waals surface area contributed by atoms with E-state index in [0.717, 1.165) is 62.5 Å². The van der Waals surface area contributed by atoms with Gasteiger partial charge in [0.05, 0.1) is 22.0 Å². The van der Waals surface area contributed by atoms with Crippen molar-refractivity contribution >= 4 is 52.3 Å². The van der Waals surface area contributed by atoms with Crippen LogP contribution in [0.5, 0.6) is 0 Å². The van der Waals surface area contributed by atoms with E-state index in [1.807, 2.05) is 15.7 Å². The Labute approximate surface area is 294 Å². The molecule has 0 saturated carbocycles. The molecule has 3 fully saturated rings. The molecule has 0 aliphatic carbocycles. The summed E-state index contributed by atoms with van der Waals surface area (Å²) >= 11 is 7.86. The number of likely N-dealkylation sites (tertiary alicyclic amines) is 2. The minimum Gasteiger partial charge on any atom is -0.386 e. The molecule has 4 aliphatic rings. The highest BCUT2D eigenvalue weighted by Gasteiger charge is 2.38. The first-order valence-electron chi connectivity index (χ1n) is 17.3. The molecule has 0 spiro atoms. The highest BCUT2D eigenvalue weighted by molar-refractivity contribution is 7.08. The molecule has 0 bridgehead atoms. The summed E-state index contributed by atoms with van der Waals surface area (Å²) in [6, 6.07) is 0.727. The Hall–Kier alpha value is -3.23. The smallest absolute Gasteiger partial charge is 0.386 e. The molecule has 4 N–H and O–H groups in total. The van der Waals surface area contributed by atoms with Crippen molar-refractivity contribution in [3.63, 3.8) is 0 Å². The minimum atomic E-state index is -4.67. The van der Waals surface area contributed by atoms with E-state index in [1.54, 1.807) is 21.1 Å². The van der Waals surface area contributed by atoms with Gasteiger partial charge < -0.3 is 36.0 Å². The normalized spacial score (nSPS) is 20.8. The molecule has 10 nitrogen and oxygen atoms in total. The summed E-state index contributed by atoms with van der Waals surface area (Å²) in [5, 5.41) is 15.7. The molecule has 1 aromatic carbocycles. The van der Waals surface area contributed by atoms with Crippen LogP contribution in [0.25, 0.3) is 0 Å². The number of carbonyl (C=O) groups excluding carboxylic acids is 3. The number of carbonyl (C=O) groups is 3. The predicted octanol–water partition coefficient (Wildman–Crippen LogP) is 5.88. The number of urea groups is 2. The molecule has 2 aromatic rings. The lowest BCUT2D eigenvalue weighted by atomic mass is 9.79. The van der Waals surface area contributed by atoms with Crippen molar-refractivity contribution in [1.29, 1.82) is 0 Å². The zero-order chi connectivity index (χ0) is 34.7. The van der Waals surface area contributed by atoms with Crippen LogP contribution in [0.3, 0.4) is 0 Å². The second-order valence-corrected chi connectivity index (χ2v) is 14.8. The lowest BCUT2D eigenvalue weighted by Crippen LogP contribution is -2.57. The van der Waals surface area contributed by atoms with E-state index in [0.29, 0.717) is 57.4 Å². The molecule has 15 heteroatoms. The molecule has 268 valence electrons. The maximum atomic E-state index is 14.1. The second-order valence-electron chi connectivity index (χ2n) is 13.6. The maximum absolute atomic E-state index is 14.1. The van der Waals surface area contributed by atoms with Gasteiger partial charge in [-0.2, -0.15) is 13.2 Å². The monoisotopic (exact) mass is 723 g/mol. The number of thiophene rings is 1. The van der Waals surface area contributed by atoms with Crippen LogP contribution in [0.2, 0.25) is 5.02 Å². The molecule has 3 saturated heterocycles. The van der Waals surface area contributed by atoms with Crippen molar-refractivity contribution in [2.24, 2.45) is 11.8 Å². The number of hydrogen-bond acceptors (Lipinski definition) is 6. The molecule has 5 amide bonds. The third-order valence-electron chi connectivity index (χ3n) is 10.7. The Morgan fingerprint density at radius 1 is 0.980 bits per heavy atom. The van der Waals surface area contributed by atoms with Crippen LogP contribution in [0, 0.1) is 11.8 Å². The Kier molecular flexibility index (Phi) is 11.1. The molecule has 6 rings (SSSR count). The van der Waals surface area contributed by atoms with Gasteiger partial charge in [0.1, 0.15) is 6.04 Å². The van der Waals surface area contributed by atoms with Gasteiger partial charge in [-0.3, -0.25) is 4.79 Å². The molecule has 1 atom stereocenters. The van der Waals surface area contributed by atoms with E-state index in [4.69, 9.17) is 11.6 Å². The van der Waals surface area contributed by atoms with E-state index in [9.17, 15) is 27.6 Å². The Balaban J connectivity index is 1.13. The van der Waals surface area contributed by atoms with Gasteiger partial charge in [0, 0.05) is 57.6 Å². The third kappa shape index (κ3) is 8.23. The summed E-state index contributed by atoms with van der Waals surface area (Å²) in [6.07, 6.45) is 1.07. The highest BCUT2D eigenvalue weighted by atomic mass is 35.5. The quantitative estimate of drug-likeness (QED) is 0.286. The Morgan fingerprint density at radius 3 is 2.33 bits per heavy atom. The van der Waals surface area contributed by atoms with Gasteiger partial charge in [-0.15, -0.1) is 11.3 Å². The fraction of sp³-hybridized carbons (Fsp3) is 0.618. The zero-order valence-electron chi connectivity index (χ0n) is 27.7. The molecule has 4 aliphatic heterocycles. The van der Waals surface area contributed by atoms with Gasteiger partial charge in [-0.1, -0.05) is 11.6 Å². The zero-order valence-corrected chi connectivity index (χ0v) is 29.3. The molecule has 5 heterocycles. The van der Waals surface area contributed by atoms with Gasteiger partial charge in [0.25, 0.3) is 0 Å². The summed E-state index contributed by atoms with van der Waals surface area (Å²) in [4.78, 5) is 46.0. The number of piperidine rings is 3. The maximum Gasteiger partial charge on any atom is 0.418 e. The Morgan fingerprint density at radius 2 is 1.65 bits per heavy atom. The lowest BCUT2D eigenvalue weighted by Gasteiger charge is -2.40. The largest absolute Gasteiger partial charge is 0.418 e. The molecule has 49 heavy (non-hydrogen) atoms. The van der Waals surface area contributed by atoms with E-state index >= 15 is 0 Å². The van der Waals surface area contributed by atoms with Gasteiger partial charge in [0.2, 0.25) is 5.91 Å². The number of anilines is 2. The lowest BCUT2D eigenvalue weighted by molar-refractivity contribution is -0.137. The van der Waals surface area contributed by atoms with E-state index in [-0.39, 0.29) is 40.7 Å². The number of nitrogens with one attached hydrogen (secondary N) is 4. The number of rotatable bonds is 7. The van der Waals surface area contributed by atoms with Crippen LogP contribution >= 0.6 is 22.9 Å². The average Bonchev–Trinajstić information content (AvgIpc) is 3.47. The first kappa shape index (κ1) is 35.6. The van der Waals surface area contributed by atoms with Crippen molar-refractivity contribution < 1.29 is 27.6 Å². The van der Waals surface area contributed by atoms with Crippen LogP contribution in [-0.2, 0) is 23.8 Å². The van der Waals surface area contributed by atoms with Gasteiger partial charge in [0.15, 0.2) is 0 Å². The topological polar surface area (TPSA) is 109 Å². The number of hydrogen-bond donors (Lipinski definition) is 4. The molecule has 1 aromatic heterocycles. The number of alkyl halides is 3. The van der Waals surface area contributed by atoms with Crippen molar-refractivity contribution in [2.45, 2.75) is 69.6 Å². The van der Waals surface area contributed by atoms with Crippen molar-refractivity contribution in [3.8, 4) is 0 Å². The van der Waals surface area contributed by atoms with Crippen LogP contribution in [-0.4, -0.2) is 97.6 Å². The summed E-state index contributed by atoms with van der Waals surface area (Å²) < 4.78 is 42.0. The number of amides is 5. The number of halogens is 4. The first-order valence-corrected chi connectivity index (χ1v) is 18.6. The Bertz CT molecular complexity index is 1500. The number of nitrogens with zero attached hydrogens (tertiary/aromatic N) is 3. The van der Waals surface area contributed by atoms with Gasteiger partial charge in [-0.05, 0) is 98.5 Å². The van der Waals surface area contributed by atoms with E-state index in [2.05, 4.69) is 21.3 Å². The van der Waals surface area contributed by atoms with Crippen molar-refractivity contribution in [1.82, 2.24) is 25.3 Å². The number of benzene rings is 1. The van der Waals surface area contributed by atoms with Crippen LogP contribution in [0.1, 0.15) is 55.2 Å². The molecular weight excluding hydrogens is 679 g/mol. The standard InChI is InChI=1S/C34H45ClF3N7O3S/c1-39-30-26(34(36,37)38)16-21(17-27(30)35)18-28(31(46)43-11-4-23(5-12-43)22-2-9-40-10-3-22)41-32(47)44-13-7-25(8-14-44)45-15-6-24-19-49-20-29(24)42-33(45)48/h16-17,19-20,22-23,25,28,39-40H,2-15,18H2,1H3,(H,41,47)(H,42,48)/t28-/m1/s1. The summed E-state index contributed by atoms with van der Waals surface area (Å²) in [7, 11) is 1.37. The number of fused-ring (bicyclic) bond motifs is 1. The van der Waals surface area contributed by atoms with Crippen molar-refractivity contribution in [2.75, 3.05) is 63.5 Å². The molecule has 0 radical (unpaired) electrons. The first-order chi connectivity index (χ1) is 23.5. The molecule has 0 unspecified atom stereocenters. The fourth-order valence-electron chi connectivity index (χ4n) is 7.95. The van der Waals surface area contributed by atoms with Crippen molar-refractivity contribution in [3.05, 3.63) is 44.6 Å². The minimum absolute atomic E-state index is 0.0379. The highest BCUT2D eigenvalue weighted by Crippen LogP contribution is 2.40. The SMILES string of the molecule is CNc1c(Cl)cc(C[C@@H](NC(=O)N2CCC(N3CCc4cscc4NC3=O)CC2)C(=O)N2CCC(C3CCNCC3)CC2)cc1C(F)(F)F. The second kappa shape index (κ2) is 15.3. The van der Waals surface area contributed by atoms with E-state index < -0.39 is 23.8 Å². The predicted molar refractivity (Wildman–Crippen MR) is 185 cm³/mol.